The van der Waals surface area contributed by atoms with E-state index in [-0.39, 0.29) is 11.5 Å². The van der Waals surface area contributed by atoms with E-state index in [0.29, 0.717) is 6.54 Å². The molecule has 110 valence electrons. The molecule has 1 amide bonds. The maximum atomic E-state index is 13.0. The molecule has 1 heterocycles. The molecule has 0 aromatic heterocycles. The number of hydrogen-bond donors (Lipinski definition) is 1. The first-order chi connectivity index (χ1) is 9.56. The number of hydrogen-bond acceptors (Lipinski definition) is 3. The van der Waals surface area contributed by atoms with Crippen LogP contribution in [0.3, 0.4) is 0 Å². The molecule has 4 nitrogen and oxygen atoms in total. The zero-order chi connectivity index (χ0) is 14.5. The average molecular weight is 283 g/mol. The Bertz CT molecular complexity index is 473. The van der Waals surface area contributed by atoms with E-state index in [2.05, 4.69) is 22.2 Å². The zero-order valence-corrected chi connectivity index (χ0v) is 11.5. The Morgan fingerprint density at radius 2 is 1.90 bits per heavy atom. The maximum absolute atomic E-state index is 13.0. The molecule has 1 aliphatic heterocycles. The number of carbonyl (C=O) groups excluding carboxylic acids is 1. The first-order valence-electron chi connectivity index (χ1n) is 6.70. The lowest BCUT2D eigenvalue weighted by molar-refractivity contribution is 0.0940. The van der Waals surface area contributed by atoms with Gasteiger partial charge in [0, 0.05) is 44.8 Å². The molecule has 20 heavy (non-hydrogen) atoms. The normalized spacial score (nSPS) is 17.1. The monoisotopic (exact) mass is 283 g/mol. The van der Waals surface area contributed by atoms with Gasteiger partial charge in [0.2, 0.25) is 0 Å². The van der Waals surface area contributed by atoms with Crippen LogP contribution in [0.25, 0.3) is 0 Å². The number of halogens is 2. The highest BCUT2D eigenvalue weighted by Crippen LogP contribution is 2.08. The second-order valence-electron chi connectivity index (χ2n) is 5.03. The van der Waals surface area contributed by atoms with Crippen LogP contribution < -0.4 is 5.32 Å². The molecular weight excluding hydrogens is 264 g/mol. The van der Waals surface area contributed by atoms with Crippen molar-refractivity contribution in [3.8, 4) is 0 Å². The van der Waals surface area contributed by atoms with Gasteiger partial charge < -0.3 is 10.2 Å². The molecule has 1 aromatic rings. The van der Waals surface area contributed by atoms with Crippen molar-refractivity contribution in [3.63, 3.8) is 0 Å². The SMILES string of the molecule is CN1CCN(CCNC(=O)c2ccc(F)c(F)c2)CC1. The van der Waals surface area contributed by atoms with Crippen molar-refractivity contribution in [2.45, 2.75) is 0 Å². The van der Waals surface area contributed by atoms with Crippen molar-refractivity contribution in [2.24, 2.45) is 0 Å². The minimum absolute atomic E-state index is 0.141. The highest BCUT2D eigenvalue weighted by atomic mass is 19.2. The van der Waals surface area contributed by atoms with Crippen LogP contribution in [-0.2, 0) is 0 Å². The van der Waals surface area contributed by atoms with Gasteiger partial charge in [0.05, 0.1) is 0 Å². The molecule has 0 saturated carbocycles. The van der Waals surface area contributed by atoms with Crippen molar-refractivity contribution < 1.29 is 13.6 Å². The topological polar surface area (TPSA) is 35.6 Å². The fraction of sp³-hybridized carbons (Fsp3) is 0.500. The van der Waals surface area contributed by atoms with Crippen LogP contribution in [0.4, 0.5) is 8.78 Å². The lowest BCUT2D eigenvalue weighted by Gasteiger charge is -2.32. The van der Waals surface area contributed by atoms with Crippen LogP contribution in [0.5, 0.6) is 0 Å². The predicted octanol–water partition coefficient (Wildman–Crippen LogP) is 0.942. The smallest absolute Gasteiger partial charge is 0.251 e. The largest absolute Gasteiger partial charge is 0.351 e. The van der Waals surface area contributed by atoms with Gasteiger partial charge in [-0.25, -0.2) is 8.78 Å². The van der Waals surface area contributed by atoms with Crippen LogP contribution in [-0.4, -0.2) is 62.0 Å². The molecule has 0 radical (unpaired) electrons. The maximum Gasteiger partial charge on any atom is 0.251 e. The molecule has 0 unspecified atom stereocenters. The van der Waals surface area contributed by atoms with Crippen LogP contribution in [0.15, 0.2) is 18.2 Å². The fourth-order valence-electron chi connectivity index (χ4n) is 2.14. The van der Waals surface area contributed by atoms with Gasteiger partial charge in [0.25, 0.3) is 5.91 Å². The summed E-state index contributed by atoms with van der Waals surface area (Å²) in [6.07, 6.45) is 0. The summed E-state index contributed by atoms with van der Waals surface area (Å²) in [7, 11) is 2.09. The van der Waals surface area contributed by atoms with Gasteiger partial charge >= 0.3 is 0 Å². The van der Waals surface area contributed by atoms with E-state index >= 15 is 0 Å². The van der Waals surface area contributed by atoms with Gasteiger partial charge in [-0.3, -0.25) is 9.69 Å². The van der Waals surface area contributed by atoms with E-state index in [4.69, 9.17) is 0 Å². The van der Waals surface area contributed by atoms with Gasteiger partial charge in [-0.2, -0.15) is 0 Å². The van der Waals surface area contributed by atoms with Crippen molar-refractivity contribution >= 4 is 5.91 Å². The average Bonchev–Trinajstić information content (AvgIpc) is 2.44. The lowest BCUT2D eigenvalue weighted by Crippen LogP contribution is -2.46. The predicted molar refractivity (Wildman–Crippen MR) is 72.6 cm³/mol. The van der Waals surface area contributed by atoms with E-state index in [1.54, 1.807) is 0 Å². The Kier molecular flexibility index (Phi) is 5.03. The van der Waals surface area contributed by atoms with Gasteiger partial charge in [0.1, 0.15) is 0 Å². The second-order valence-corrected chi connectivity index (χ2v) is 5.03. The summed E-state index contributed by atoms with van der Waals surface area (Å²) in [6, 6.07) is 3.16. The summed E-state index contributed by atoms with van der Waals surface area (Å²) in [6.45, 7) is 5.29. The van der Waals surface area contributed by atoms with Crippen LogP contribution >= 0.6 is 0 Å². The molecule has 1 aliphatic rings. The van der Waals surface area contributed by atoms with Gasteiger partial charge in [-0.15, -0.1) is 0 Å². The molecule has 1 saturated heterocycles. The van der Waals surface area contributed by atoms with Crippen LogP contribution in [0.2, 0.25) is 0 Å². The highest BCUT2D eigenvalue weighted by molar-refractivity contribution is 5.94. The number of likely N-dealkylation sites (N-methyl/N-ethyl adjacent to an activating group) is 1. The summed E-state index contributed by atoms with van der Waals surface area (Å²) in [5, 5.41) is 2.72. The van der Waals surface area contributed by atoms with Gasteiger partial charge in [-0.1, -0.05) is 0 Å². The quantitative estimate of drug-likeness (QED) is 0.893. The molecule has 0 aliphatic carbocycles. The third kappa shape index (κ3) is 3.98. The summed E-state index contributed by atoms with van der Waals surface area (Å²) in [4.78, 5) is 16.3. The molecule has 1 fully saturated rings. The first kappa shape index (κ1) is 14.9. The van der Waals surface area contributed by atoms with Crippen molar-refractivity contribution in [1.29, 1.82) is 0 Å². The molecule has 0 bridgehead atoms. The summed E-state index contributed by atoms with van der Waals surface area (Å²) in [5.41, 5.74) is 0.141. The van der Waals surface area contributed by atoms with Gasteiger partial charge in [-0.05, 0) is 25.2 Å². The number of piperazine rings is 1. The number of amides is 1. The van der Waals surface area contributed by atoms with E-state index < -0.39 is 11.6 Å². The van der Waals surface area contributed by atoms with E-state index in [0.717, 1.165) is 44.9 Å². The molecular formula is C14H19F2N3O. The van der Waals surface area contributed by atoms with E-state index in [1.807, 2.05) is 0 Å². The second kappa shape index (κ2) is 6.76. The summed E-state index contributed by atoms with van der Waals surface area (Å²) >= 11 is 0. The molecule has 0 spiro atoms. The Morgan fingerprint density at radius 1 is 1.20 bits per heavy atom. The minimum Gasteiger partial charge on any atom is -0.351 e. The van der Waals surface area contributed by atoms with Crippen molar-refractivity contribution in [2.75, 3.05) is 46.3 Å². The first-order valence-corrected chi connectivity index (χ1v) is 6.70. The number of benzene rings is 1. The molecule has 1 N–H and O–H groups in total. The lowest BCUT2D eigenvalue weighted by atomic mass is 10.2. The standard InChI is InChI=1S/C14H19F2N3O/c1-18-6-8-19(9-7-18)5-4-17-14(20)11-2-3-12(15)13(16)10-11/h2-3,10H,4-9H2,1H3,(H,17,20). The van der Waals surface area contributed by atoms with Crippen molar-refractivity contribution in [1.82, 2.24) is 15.1 Å². The van der Waals surface area contributed by atoms with Crippen molar-refractivity contribution in [3.05, 3.63) is 35.4 Å². The number of rotatable bonds is 4. The summed E-state index contributed by atoms with van der Waals surface area (Å²) in [5.74, 6) is -2.33. The third-order valence-corrected chi connectivity index (χ3v) is 3.49. The van der Waals surface area contributed by atoms with Crippen LogP contribution in [0, 0.1) is 11.6 Å². The molecule has 1 aromatic carbocycles. The highest BCUT2D eigenvalue weighted by Gasteiger charge is 2.14. The summed E-state index contributed by atoms with van der Waals surface area (Å²) < 4.78 is 25.8. The number of carbonyl (C=O) groups is 1. The molecule has 0 atom stereocenters. The zero-order valence-electron chi connectivity index (χ0n) is 11.5. The fourth-order valence-corrected chi connectivity index (χ4v) is 2.14. The molecule has 6 heteroatoms. The van der Waals surface area contributed by atoms with E-state index in [9.17, 15) is 13.6 Å². The third-order valence-electron chi connectivity index (χ3n) is 3.49. The van der Waals surface area contributed by atoms with Crippen LogP contribution in [0.1, 0.15) is 10.4 Å². The van der Waals surface area contributed by atoms with E-state index in [1.165, 1.54) is 6.07 Å². The minimum atomic E-state index is -1.00. The number of nitrogens with one attached hydrogen (secondary N) is 1. The number of nitrogens with zero attached hydrogens (tertiary/aromatic N) is 2. The Labute approximate surface area is 117 Å². The Balaban J connectivity index is 1.76. The molecule has 2 rings (SSSR count). The Morgan fingerprint density at radius 3 is 2.55 bits per heavy atom. The Hall–Kier alpha value is -1.53. The van der Waals surface area contributed by atoms with Gasteiger partial charge in [0.15, 0.2) is 11.6 Å².